The van der Waals surface area contributed by atoms with Gasteiger partial charge in [0.2, 0.25) is 0 Å². The molecule has 0 atom stereocenters. The van der Waals surface area contributed by atoms with E-state index in [1.54, 1.807) is 0 Å². The van der Waals surface area contributed by atoms with Gasteiger partial charge in [-0.25, -0.2) is 0 Å². The Labute approximate surface area is 835 Å². The van der Waals surface area contributed by atoms with E-state index >= 15 is 0 Å². The number of fused-ring (bicyclic) bond motifs is 18. The van der Waals surface area contributed by atoms with Crippen molar-refractivity contribution in [3.8, 4) is 122 Å². The summed E-state index contributed by atoms with van der Waals surface area (Å²) in [4.78, 5) is 0. The lowest BCUT2D eigenvalue weighted by Crippen LogP contribution is -1.93. The van der Waals surface area contributed by atoms with E-state index in [2.05, 4.69) is 255 Å². The molecule has 141 heavy (non-hydrogen) atoms. The minimum absolute atomic E-state index is 0.201. The Morgan fingerprint density at radius 2 is 0.418 bits per heavy atom. The van der Waals surface area contributed by atoms with Gasteiger partial charge in [-0.2, -0.15) is 0 Å². The zero-order chi connectivity index (χ0) is 106. The highest BCUT2D eigenvalue weighted by atomic mass is 16.3. The Morgan fingerprint density at radius 3 is 0.837 bits per heavy atom. The van der Waals surface area contributed by atoms with Crippen molar-refractivity contribution >= 4 is 163 Å². The van der Waals surface area contributed by atoms with Gasteiger partial charge in [-0.1, -0.05) is 430 Å². The summed E-state index contributed by atoms with van der Waals surface area (Å²) < 4.78 is 148. The first kappa shape index (κ1) is 67.6. The van der Waals surface area contributed by atoms with E-state index in [0.29, 0.717) is 16.7 Å². The number of hydrogen-bond acceptors (Lipinski definition) is 3. The van der Waals surface area contributed by atoms with E-state index in [9.17, 15) is 0 Å². The molecule has 0 unspecified atom stereocenters. The quantitative estimate of drug-likeness (QED) is 0.121. The predicted octanol–water partition coefficient (Wildman–Crippen LogP) is 39.5. The highest BCUT2D eigenvalue weighted by Crippen LogP contribution is 2.54. The van der Waals surface area contributed by atoms with Gasteiger partial charge in [-0.05, 0) is 299 Å². The van der Waals surface area contributed by atoms with Crippen molar-refractivity contribution in [1.82, 2.24) is 0 Å². The van der Waals surface area contributed by atoms with Gasteiger partial charge in [0.25, 0.3) is 0 Å². The molecule has 0 N–H and O–H groups in total. The first-order chi connectivity index (χ1) is 76.2. The van der Waals surface area contributed by atoms with Crippen LogP contribution in [0.25, 0.3) is 285 Å². The smallest absolute Gasteiger partial charge is 0.143 e. The molecule has 26 aromatic carbocycles. The topological polar surface area (TPSA) is 39.4 Å². The average Bonchev–Trinajstić information content (AvgIpc) is 1.58. The third kappa shape index (κ3) is 14.0. The van der Waals surface area contributed by atoms with Crippen LogP contribution in [0.4, 0.5) is 0 Å². The van der Waals surface area contributed by atoms with Gasteiger partial charge in [0.15, 0.2) is 0 Å². The van der Waals surface area contributed by atoms with E-state index in [-0.39, 0.29) is 89.2 Å². The standard InChI is InChI=1S/2C48H30O.C42H26O/c1-3-15-31(16-4-1)43-28-34(29-44-37-21-13-14-26-45(37)49-48(43)44)42-30-35(27-33-19-7-8-20-36(33)42)47-40-24-11-9-22-38(40)46(32-17-5-2-6-18-32)39-23-10-12-25-41(39)47;1-3-15-31(16-4-1)45-36-21-9-11-23-38(36)46(39-24-12-10-22-37(39)45)34-29-33-19-7-8-20-35(33)42(30-34)40-27-28-44-48(41-25-13-14-26-43(41)49-44)47(40)32-17-5-2-6-18-32;1-2-12-27(13-3-1)41-33-17-6-8-19-35(33)42(36-20-9-7-18-34(36)41)30-24-28-14-4-5-15-31(28)37(26-30)29-22-23-40-38(25-29)32-16-10-11-21-39(32)43-40/h2*1-30H;1-26H/i2D,5D,6D,17D,18D;1D,3D,4D,15D,16D;1D,2D,3D,12D,13D. The molecule has 0 amide bonds. The maximum Gasteiger partial charge on any atom is 0.143 e. The molecule has 29 aromatic rings. The predicted molar refractivity (Wildman–Crippen MR) is 599 cm³/mol. The minimum atomic E-state index is -0.404. The second-order valence-corrected chi connectivity index (χ2v) is 35.8. The maximum absolute atomic E-state index is 8.96. The van der Waals surface area contributed by atoms with Crippen LogP contribution in [0.15, 0.2) is 535 Å². The second kappa shape index (κ2) is 34.4. The highest BCUT2D eigenvalue weighted by Gasteiger charge is 2.27. The van der Waals surface area contributed by atoms with Crippen molar-refractivity contribution in [2.24, 2.45) is 0 Å². The molecule has 0 aliphatic carbocycles. The fraction of sp³-hybridized carbons (Fsp3) is 0. The molecular weight excluding hydrogens is 1710 g/mol. The van der Waals surface area contributed by atoms with Crippen LogP contribution in [0.2, 0.25) is 0 Å². The number of benzene rings is 26. The molecular formula is C138H86O3. The van der Waals surface area contributed by atoms with Crippen LogP contribution >= 0.6 is 0 Å². The Bertz CT molecular complexity index is 10800. The summed E-state index contributed by atoms with van der Waals surface area (Å²) in [6, 6.07) is 143. The second-order valence-electron chi connectivity index (χ2n) is 35.8. The summed E-state index contributed by atoms with van der Waals surface area (Å²) in [6.45, 7) is 0. The molecule has 0 radical (unpaired) electrons. The van der Waals surface area contributed by atoms with Gasteiger partial charge < -0.3 is 13.3 Å². The fourth-order valence-corrected chi connectivity index (χ4v) is 22.0. The van der Waals surface area contributed by atoms with E-state index in [4.69, 9.17) is 33.8 Å². The van der Waals surface area contributed by atoms with Crippen LogP contribution in [-0.2, 0) is 0 Å². The Morgan fingerprint density at radius 1 is 0.135 bits per heavy atom. The normalized spacial score (nSPS) is 13.2. The van der Waals surface area contributed by atoms with Crippen LogP contribution in [0.1, 0.15) is 20.6 Å². The first-order valence-electron chi connectivity index (χ1n) is 54.7. The maximum atomic E-state index is 8.96. The lowest BCUT2D eigenvalue weighted by molar-refractivity contribution is 0.668. The molecule has 0 fully saturated rings. The number of furan rings is 3. The van der Waals surface area contributed by atoms with E-state index < -0.39 is 18.1 Å². The van der Waals surface area contributed by atoms with Crippen LogP contribution in [0, 0.1) is 0 Å². The molecule has 29 rings (SSSR count). The van der Waals surface area contributed by atoms with Gasteiger partial charge >= 0.3 is 0 Å². The van der Waals surface area contributed by atoms with Crippen LogP contribution in [0.3, 0.4) is 0 Å². The summed E-state index contributed by atoms with van der Waals surface area (Å²) in [6.07, 6.45) is 0. The number of rotatable bonds is 11. The molecule has 0 saturated carbocycles. The molecule has 0 saturated heterocycles. The van der Waals surface area contributed by atoms with Crippen molar-refractivity contribution in [2.45, 2.75) is 0 Å². The Hall–Kier alpha value is -18.5. The molecule has 0 aliphatic heterocycles. The Balaban J connectivity index is 0.000000114. The van der Waals surface area contributed by atoms with Crippen LogP contribution in [0.5, 0.6) is 0 Å². The van der Waals surface area contributed by atoms with Gasteiger partial charge in [0.1, 0.15) is 33.5 Å². The van der Waals surface area contributed by atoms with E-state index in [0.717, 1.165) is 252 Å². The SMILES string of the molecule is [2H]c1c([2H])c([2H])c(-c2c3ccccc3c(-c3cc(-c4cc(-c5ccccc5)c5oc6ccccc6c5c4)c4ccccc4c3)c3ccccc23)c([2H])c1[2H].[2H]c1c([2H])c([2H])c(-c2c3ccccc3c(-c3cc(-c4ccc5oc6ccccc6c5c4)c4ccccc4c3)c3ccccc23)c([2H])c1[2H].[2H]c1c([2H])c([2H])c(-c2c3ccccc3c(-c3cc(-c4ccc5oc6ccccc6c5c4-c4ccccc4)c4ccccc4c3)c3ccccc23)c([2H])c1[2H]. The first-order valence-corrected chi connectivity index (χ1v) is 47.2. The van der Waals surface area contributed by atoms with Gasteiger partial charge in [0.05, 0.1) is 20.6 Å². The monoisotopic (exact) mass is 1810 g/mol. The largest absolute Gasteiger partial charge is 0.456 e. The Kier molecular flexibility index (Phi) is 16.5. The molecule has 0 aliphatic rings. The minimum Gasteiger partial charge on any atom is -0.456 e. The lowest BCUT2D eigenvalue weighted by atomic mass is 9.83. The molecule has 656 valence electrons. The summed E-state index contributed by atoms with van der Waals surface area (Å²) in [5.41, 5.74) is 24.5. The van der Waals surface area contributed by atoms with E-state index in [1.165, 1.54) is 0 Å². The summed E-state index contributed by atoms with van der Waals surface area (Å²) in [7, 11) is 0. The molecule has 3 heteroatoms. The van der Waals surface area contributed by atoms with Crippen molar-refractivity contribution in [2.75, 3.05) is 0 Å². The summed E-state index contributed by atoms with van der Waals surface area (Å²) in [5, 5.41) is 23.6. The lowest BCUT2D eigenvalue weighted by Gasteiger charge is -2.20. The van der Waals surface area contributed by atoms with Crippen molar-refractivity contribution in [3.05, 3.63) is 521 Å². The van der Waals surface area contributed by atoms with Crippen LogP contribution < -0.4 is 0 Å². The molecule has 3 nitrogen and oxygen atoms in total. The fourth-order valence-electron chi connectivity index (χ4n) is 22.0. The van der Waals surface area contributed by atoms with Gasteiger partial charge in [-0.15, -0.1) is 0 Å². The van der Waals surface area contributed by atoms with Crippen molar-refractivity contribution in [3.63, 3.8) is 0 Å². The third-order valence-electron chi connectivity index (χ3n) is 28.0. The van der Waals surface area contributed by atoms with E-state index in [1.807, 2.05) is 176 Å². The van der Waals surface area contributed by atoms with Gasteiger partial charge in [-0.3, -0.25) is 0 Å². The third-order valence-corrected chi connectivity index (χ3v) is 28.0. The number of para-hydroxylation sites is 3. The molecule has 3 aromatic heterocycles. The van der Waals surface area contributed by atoms with Crippen LogP contribution in [-0.4, -0.2) is 0 Å². The molecule has 0 spiro atoms. The number of hydrogen-bond donors (Lipinski definition) is 0. The average molecular weight is 1810 g/mol. The zero-order valence-corrected chi connectivity index (χ0v) is 75.7. The highest BCUT2D eigenvalue weighted by molar-refractivity contribution is 6.27. The summed E-state index contributed by atoms with van der Waals surface area (Å²) >= 11 is 0. The van der Waals surface area contributed by atoms with Gasteiger partial charge in [0, 0.05) is 43.4 Å². The molecule has 3 heterocycles. The summed E-state index contributed by atoms with van der Waals surface area (Å²) in [5.74, 6) is 0. The van der Waals surface area contributed by atoms with Crippen molar-refractivity contribution < 1.29 is 33.8 Å². The van der Waals surface area contributed by atoms with Crippen molar-refractivity contribution in [1.29, 1.82) is 0 Å². The zero-order valence-electron chi connectivity index (χ0n) is 90.7. The molecule has 0 bridgehead atoms.